The number of carbonyl (C=O) groups excluding carboxylic acids is 1. The minimum atomic E-state index is -3.76. The first-order chi connectivity index (χ1) is 17.8. The first-order valence-corrected chi connectivity index (χ1v) is 13.6. The highest BCUT2D eigenvalue weighted by molar-refractivity contribution is 7.92. The first kappa shape index (κ1) is 26.0. The number of ether oxygens (including phenoxy) is 2. The van der Waals surface area contributed by atoms with Crippen LogP contribution in [0.4, 0.5) is 16.5 Å². The Morgan fingerprint density at radius 3 is 2.41 bits per heavy atom. The number of anilines is 3. The number of aryl methyl sites for hydroxylation is 1. The fraction of sp³-hybridized carbons (Fsp3) is 0.154. The lowest BCUT2D eigenvalue weighted by molar-refractivity contribution is -0.118. The third kappa shape index (κ3) is 6.57. The lowest BCUT2D eigenvalue weighted by atomic mass is 10.1. The van der Waals surface area contributed by atoms with Gasteiger partial charge in [0, 0.05) is 23.7 Å². The van der Waals surface area contributed by atoms with Crippen molar-refractivity contribution in [2.24, 2.45) is 0 Å². The fourth-order valence-electron chi connectivity index (χ4n) is 3.37. The molecule has 0 saturated heterocycles. The normalized spacial score (nSPS) is 11.0. The van der Waals surface area contributed by atoms with Gasteiger partial charge >= 0.3 is 0 Å². The Balaban J connectivity index is 1.38. The van der Waals surface area contributed by atoms with Gasteiger partial charge in [0.15, 0.2) is 11.7 Å². The number of carbonyl (C=O) groups is 1. The SMILES string of the molecule is CNc1nc(-c2ccc(OC)c(NC(=O)COc3ccc(S(=O)(=O)Nc4ccc(C)cc4)cc3)c2)cs1. The van der Waals surface area contributed by atoms with Crippen molar-refractivity contribution in [3.63, 3.8) is 0 Å². The Hall–Kier alpha value is -4.09. The van der Waals surface area contributed by atoms with E-state index in [1.165, 1.54) is 42.7 Å². The highest BCUT2D eigenvalue weighted by Gasteiger charge is 2.15. The number of nitrogens with zero attached hydrogens (tertiary/aromatic N) is 1. The molecular formula is C26H26N4O5S2. The molecule has 0 aliphatic heterocycles. The van der Waals surface area contributed by atoms with Crippen molar-refractivity contribution in [1.82, 2.24) is 4.98 Å². The van der Waals surface area contributed by atoms with Crippen LogP contribution in [0.3, 0.4) is 0 Å². The van der Waals surface area contributed by atoms with E-state index in [1.54, 1.807) is 31.3 Å². The van der Waals surface area contributed by atoms with E-state index in [4.69, 9.17) is 9.47 Å². The van der Waals surface area contributed by atoms with Gasteiger partial charge in [0.2, 0.25) is 0 Å². The van der Waals surface area contributed by atoms with Gasteiger partial charge in [-0.25, -0.2) is 13.4 Å². The molecule has 0 unspecified atom stereocenters. The molecule has 0 radical (unpaired) electrons. The van der Waals surface area contributed by atoms with Crippen molar-refractivity contribution in [3.8, 4) is 22.8 Å². The number of rotatable bonds is 10. The highest BCUT2D eigenvalue weighted by Crippen LogP contribution is 2.32. The molecule has 37 heavy (non-hydrogen) atoms. The molecule has 0 saturated carbocycles. The predicted octanol–water partition coefficient (Wildman–Crippen LogP) is 4.99. The van der Waals surface area contributed by atoms with Crippen molar-refractivity contribution in [2.75, 3.05) is 36.1 Å². The van der Waals surface area contributed by atoms with Gasteiger partial charge in [-0.15, -0.1) is 11.3 Å². The molecule has 1 heterocycles. The summed E-state index contributed by atoms with van der Waals surface area (Å²) in [5.74, 6) is 0.450. The Kier molecular flexibility index (Phi) is 7.95. The molecule has 0 spiro atoms. The summed E-state index contributed by atoms with van der Waals surface area (Å²) in [5, 5.41) is 8.50. The quantitative estimate of drug-likeness (QED) is 0.260. The molecule has 11 heteroatoms. The summed E-state index contributed by atoms with van der Waals surface area (Å²) in [7, 11) is -0.434. The zero-order valence-electron chi connectivity index (χ0n) is 20.4. The Morgan fingerprint density at radius 1 is 1.03 bits per heavy atom. The second kappa shape index (κ2) is 11.3. The maximum absolute atomic E-state index is 12.6. The van der Waals surface area contributed by atoms with Gasteiger partial charge in [0.25, 0.3) is 15.9 Å². The van der Waals surface area contributed by atoms with E-state index in [9.17, 15) is 13.2 Å². The number of sulfonamides is 1. The lowest BCUT2D eigenvalue weighted by Crippen LogP contribution is -2.20. The van der Waals surface area contributed by atoms with Crippen molar-refractivity contribution in [3.05, 3.63) is 77.7 Å². The van der Waals surface area contributed by atoms with Crippen molar-refractivity contribution in [1.29, 1.82) is 0 Å². The number of hydrogen-bond acceptors (Lipinski definition) is 8. The maximum Gasteiger partial charge on any atom is 0.262 e. The molecule has 0 aliphatic carbocycles. The van der Waals surface area contributed by atoms with Gasteiger partial charge in [-0.1, -0.05) is 17.7 Å². The van der Waals surface area contributed by atoms with Gasteiger partial charge in [-0.3, -0.25) is 9.52 Å². The molecule has 9 nitrogen and oxygen atoms in total. The molecular weight excluding hydrogens is 512 g/mol. The lowest BCUT2D eigenvalue weighted by Gasteiger charge is -2.13. The zero-order valence-corrected chi connectivity index (χ0v) is 22.1. The van der Waals surface area contributed by atoms with Crippen LogP contribution in [0, 0.1) is 6.92 Å². The van der Waals surface area contributed by atoms with E-state index in [0.29, 0.717) is 22.9 Å². The third-order valence-corrected chi connectivity index (χ3v) is 7.55. The van der Waals surface area contributed by atoms with Crippen LogP contribution in [0.15, 0.2) is 77.0 Å². The zero-order chi connectivity index (χ0) is 26.4. The van der Waals surface area contributed by atoms with Crippen LogP contribution < -0.4 is 24.8 Å². The van der Waals surface area contributed by atoms with E-state index in [0.717, 1.165) is 22.0 Å². The Morgan fingerprint density at radius 2 is 1.76 bits per heavy atom. The monoisotopic (exact) mass is 538 g/mol. The van der Waals surface area contributed by atoms with E-state index in [2.05, 4.69) is 20.3 Å². The van der Waals surface area contributed by atoms with Crippen molar-refractivity contribution >= 4 is 43.8 Å². The average molecular weight is 539 g/mol. The van der Waals surface area contributed by atoms with Crippen molar-refractivity contribution < 1.29 is 22.7 Å². The topological polar surface area (TPSA) is 119 Å². The standard InChI is InChI=1S/C26H26N4O5S2/c1-17-4-7-19(8-5-17)30-37(32,33)21-11-9-20(10-12-21)35-15-25(31)28-22-14-18(6-13-24(22)34-3)23-16-36-26(27-2)29-23/h4-14,16,30H,15H2,1-3H3,(H,27,29)(H,28,31). The third-order valence-electron chi connectivity index (χ3n) is 5.30. The predicted molar refractivity (Wildman–Crippen MR) is 146 cm³/mol. The largest absolute Gasteiger partial charge is 0.495 e. The molecule has 0 fully saturated rings. The maximum atomic E-state index is 12.6. The second-order valence-electron chi connectivity index (χ2n) is 7.98. The summed E-state index contributed by atoms with van der Waals surface area (Å²) in [5.41, 5.74) is 3.58. The van der Waals surface area contributed by atoms with E-state index >= 15 is 0 Å². The van der Waals surface area contributed by atoms with Crippen LogP contribution in [0.5, 0.6) is 11.5 Å². The molecule has 192 valence electrons. The van der Waals surface area contributed by atoms with E-state index in [1.807, 2.05) is 30.5 Å². The molecule has 3 N–H and O–H groups in total. The molecule has 0 aliphatic rings. The van der Waals surface area contributed by atoms with E-state index in [-0.39, 0.29) is 11.5 Å². The van der Waals surface area contributed by atoms with Crippen molar-refractivity contribution in [2.45, 2.75) is 11.8 Å². The number of nitrogens with one attached hydrogen (secondary N) is 3. The number of thiazole rings is 1. The smallest absolute Gasteiger partial charge is 0.262 e. The molecule has 4 rings (SSSR count). The Bertz CT molecular complexity index is 1480. The molecule has 0 bridgehead atoms. The number of aromatic nitrogens is 1. The first-order valence-electron chi connectivity index (χ1n) is 11.2. The summed E-state index contributed by atoms with van der Waals surface area (Å²) in [6.45, 7) is 1.65. The highest BCUT2D eigenvalue weighted by atomic mass is 32.2. The van der Waals surface area contributed by atoms with Gasteiger partial charge in [-0.2, -0.15) is 0 Å². The summed E-state index contributed by atoms with van der Waals surface area (Å²) in [6, 6.07) is 18.3. The summed E-state index contributed by atoms with van der Waals surface area (Å²) in [6.07, 6.45) is 0. The van der Waals surface area contributed by atoms with E-state index < -0.39 is 15.9 Å². The molecule has 4 aromatic rings. The minimum Gasteiger partial charge on any atom is -0.495 e. The summed E-state index contributed by atoms with van der Waals surface area (Å²) < 4.78 is 38.7. The molecule has 0 atom stereocenters. The average Bonchev–Trinajstić information content (AvgIpc) is 3.38. The number of methoxy groups -OCH3 is 1. The van der Waals surface area contributed by atoms with Crippen LogP contribution in [0.25, 0.3) is 11.3 Å². The molecule has 1 amide bonds. The van der Waals surface area contributed by atoms with Gasteiger partial charge in [0.1, 0.15) is 11.5 Å². The van der Waals surface area contributed by atoms with Gasteiger partial charge in [0.05, 0.1) is 23.4 Å². The summed E-state index contributed by atoms with van der Waals surface area (Å²) in [4.78, 5) is 17.1. The van der Waals surface area contributed by atoms with Crippen LogP contribution in [0.1, 0.15) is 5.56 Å². The fourth-order valence-corrected chi connectivity index (χ4v) is 5.11. The number of benzene rings is 3. The van der Waals surface area contributed by atoms with Crippen LogP contribution in [-0.2, 0) is 14.8 Å². The summed E-state index contributed by atoms with van der Waals surface area (Å²) >= 11 is 1.48. The van der Waals surface area contributed by atoms with Crippen LogP contribution in [-0.4, -0.2) is 40.1 Å². The number of amides is 1. The molecule has 1 aromatic heterocycles. The Labute approximate surface area is 219 Å². The minimum absolute atomic E-state index is 0.0786. The van der Waals surface area contributed by atoms with Crippen LogP contribution >= 0.6 is 11.3 Å². The molecule has 3 aromatic carbocycles. The second-order valence-corrected chi connectivity index (χ2v) is 10.5. The van der Waals surface area contributed by atoms with Crippen LogP contribution in [0.2, 0.25) is 0 Å². The number of hydrogen-bond donors (Lipinski definition) is 3. The van der Waals surface area contributed by atoms with Gasteiger partial charge < -0.3 is 20.1 Å². The van der Waals surface area contributed by atoms with Gasteiger partial charge in [-0.05, 0) is 61.5 Å².